The summed E-state index contributed by atoms with van der Waals surface area (Å²) in [5.41, 5.74) is 5.89. The van der Waals surface area contributed by atoms with Gasteiger partial charge in [-0.05, 0) is 48.7 Å². The third-order valence-electron chi connectivity index (χ3n) is 4.22. The Morgan fingerprint density at radius 3 is 2.52 bits per heavy atom. The third-order valence-corrected chi connectivity index (χ3v) is 4.22. The number of anilines is 2. The number of para-hydroxylation sites is 1. The van der Waals surface area contributed by atoms with Gasteiger partial charge in [-0.15, -0.1) is 0 Å². The van der Waals surface area contributed by atoms with Gasteiger partial charge in [0.1, 0.15) is 5.69 Å². The first-order valence-corrected chi connectivity index (χ1v) is 8.23. The number of hydrogen-bond acceptors (Lipinski definition) is 3. The zero-order valence-electron chi connectivity index (χ0n) is 14.7. The predicted octanol–water partition coefficient (Wildman–Crippen LogP) is 3.90. The van der Waals surface area contributed by atoms with Crippen LogP contribution in [0, 0.1) is 13.8 Å². The molecule has 0 spiro atoms. The molecule has 5 heteroatoms. The summed E-state index contributed by atoms with van der Waals surface area (Å²) in [4.78, 5) is 12.3. The van der Waals surface area contributed by atoms with Gasteiger partial charge in [0.15, 0.2) is 0 Å². The van der Waals surface area contributed by atoms with Gasteiger partial charge in [-0.3, -0.25) is 9.48 Å². The summed E-state index contributed by atoms with van der Waals surface area (Å²) in [5.74, 6) is -0.158. The van der Waals surface area contributed by atoms with E-state index in [0.717, 1.165) is 23.5 Å². The molecular formula is C20H22N4O. The Balaban J connectivity index is 1.68. The van der Waals surface area contributed by atoms with E-state index < -0.39 is 0 Å². The molecule has 0 aliphatic heterocycles. The monoisotopic (exact) mass is 334 g/mol. The lowest BCUT2D eigenvalue weighted by molar-refractivity contribution is 0.101. The maximum absolute atomic E-state index is 12.3. The first-order valence-electron chi connectivity index (χ1n) is 8.23. The topological polar surface area (TPSA) is 58.9 Å². The van der Waals surface area contributed by atoms with E-state index in [1.807, 2.05) is 31.2 Å². The maximum atomic E-state index is 12.3. The van der Waals surface area contributed by atoms with Gasteiger partial charge in [-0.2, -0.15) is 5.10 Å². The van der Waals surface area contributed by atoms with E-state index in [1.165, 1.54) is 11.1 Å². The number of amides is 1. The van der Waals surface area contributed by atoms with E-state index in [9.17, 15) is 4.79 Å². The molecule has 0 aliphatic rings. The number of hydrogen-bond donors (Lipinski definition) is 2. The van der Waals surface area contributed by atoms with Crippen molar-refractivity contribution in [3.63, 3.8) is 0 Å². The van der Waals surface area contributed by atoms with Crippen LogP contribution in [0.15, 0.2) is 54.7 Å². The summed E-state index contributed by atoms with van der Waals surface area (Å²) in [6.45, 7) is 4.82. The van der Waals surface area contributed by atoms with Gasteiger partial charge in [0.25, 0.3) is 5.91 Å². The molecule has 0 saturated heterocycles. The molecular weight excluding hydrogens is 312 g/mol. The summed E-state index contributed by atoms with van der Waals surface area (Å²) in [6.07, 6.45) is 1.61. The van der Waals surface area contributed by atoms with Crippen molar-refractivity contribution in [2.75, 3.05) is 10.6 Å². The highest BCUT2D eigenvalue weighted by Gasteiger charge is 2.11. The van der Waals surface area contributed by atoms with Crippen molar-refractivity contribution < 1.29 is 4.79 Å². The average molecular weight is 334 g/mol. The minimum absolute atomic E-state index is 0.158. The number of carbonyl (C=O) groups is 1. The second kappa shape index (κ2) is 7.21. The summed E-state index contributed by atoms with van der Waals surface area (Å²) >= 11 is 0. The fourth-order valence-electron chi connectivity index (χ4n) is 2.73. The minimum Gasteiger partial charge on any atom is -0.381 e. The molecule has 0 saturated carbocycles. The molecule has 0 radical (unpaired) electrons. The van der Waals surface area contributed by atoms with Crippen LogP contribution in [0.3, 0.4) is 0 Å². The van der Waals surface area contributed by atoms with Crippen LogP contribution < -0.4 is 10.6 Å². The van der Waals surface area contributed by atoms with Crippen LogP contribution in [0.5, 0.6) is 0 Å². The van der Waals surface area contributed by atoms with E-state index in [2.05, 4.69) is 40.9 Å². The van der Waals surface area contributed by atoms with E-state index in [1.54, 1.807) is 24.0 Å². The van der Waals surface area contributed by atoms with Crippen molar-refractivity contribution in [2.45, 2.75) is 20.4 Å². The average Bonchev–Trinajstić information content (AvgIpc) is 3.02. The van der Waals surface area contributed by atoms with Gasteiger partial charge >= 0.3 is 0 Å². The van der Waals surface area contributed by atoms with Crippen molar-refractivity contribution in [1.82, 2.24) is 9.78 Å². The van der Waals surface area contributed by atoms with E-state index >= 15 is 0 Å². The number of carbonyl (C=O) groups excluding carboxylic acids is 1. The van der Waals surface area contributed by atoms with Crippen LogP contribution in [0.4, 0.5) is 11.4 Å². The molecule has 5 nitrogen and oxygen atoms in total. The molecule has 2 N–H and O–H groups in total. The highest BCUT2D eigenvalue weighted by Crippen LogP contribution is 2.19. The zero-order chi connectivity index (χ0) is 17.8. The number of nitrogens with one attached hydrogen (secondary N) is 2. The predicted molar refractivity (Wildman–Crippen MR) is 101 cm³/mol. The summed E-state index contributed by atoms with van der Waals surface area (Å²) < 4.78 is 1.56. The van der Waals surface area contributed by atoms with Crippen LogP contribution in [0.25, 0.3) is 0 Å². The van der Waals surface area contributed by atoms with Crippen LogP contribution in [-0.2, 0) is 13.6 Å². The normalized spacial score (nSPS) is 10.5. The van der Waals surface area contributed by atoms with Gasteiger partial charge in [0.05, 0.1) is 0 Å². The molecule has 0 aliphatic carbocycles. The zero-order valence-corrected chi connectivity index (χ0v) is 14.7. The van der Waals surface area contributed by atoms with E-state index in [-0.39, 0.29) is 5.91 Å². The summed E-state index contributed by atoms with van der Waals surface area (Å²) in [7, 11) is 1.75. The maximum Gasteiger partial charge on any atom is 0.273 e. The Morgan fingerprint density at radius 1 is 1.04 bits per heavy atom. The molecule has 2 aromatic carbocycles. The van der Waals surface area contributed by atoms with Gasteiger partial charge in [0, 0.05) is 31.2 Å². The Morgan fingerprint density at radius 2 is 1.84 bits per heavy atom. The highest BCUT2D eigenvalue weighted by atomic mass is 16.2. The fraction of sp³-hybridized carbons (Fsp3) is 0.200. The standard InChI is InChI=1S/C20H22N4O/c1-14-6-4-5-7-17(14)21-13-16-8-9-18(15(2)12-16)23-20(25)19-10-11-22-24(19)3/h4-12,21H,13H2,1-3H3,(H,23,25). The minimum atomic E-state index is -0.158. The number of benzene rings is 2. The van der Waals surface area contributed by atoms with Crippen molar-refractivity contribution in [1.29, 1.82) is 0 Å². The summed E-state index contributed by atoms with van der Waals surface area (Å²) in [6, 6.07) is 16.0. The lowest BCUT2D eigenvalue weighted by Gasteiger charge is -2.12. The summed E-state index contributed by atoms with van der Waals surface area (Å²) in [5, 5.41) is 10.4. The van der Waals surface area contributed by atoms with Gasteiger partial charge in [0.2, 0.25) is 0 Å². The molecule has 128 valence electrons. The molecule has 3 rings (SSSR count). The number of rotatable bonds is 5. The molecule has 3 aromatic rings. The van der Waals surface area contributed by atoms with Crippen LogP contribution in [0.2, 0.25) is 0 Å². The van der Waals surface area contributed by atoms with Crippen LogP contribution >= 0.6 is 0 Å². The molecule has 0 unspecified atom stereocenters. The highest BCUT2D eigenvalue weighted by molar-refractivity contribution is 6.03. The van der Waals surface area contributed by atoms with Crippen molar-refractivity contribution in [2.24, 2.45) is 7.05 Å². The first-order chi connectivity index (χ1) is 12.0. The van der Waals surface area contributed by atoms with Crippen molar-refractivity contribution in [3.05, 3.63) is 77.1 Å². The smallest absolute Gasteiger partial charge is 0.273 e. The second-order valence-electron chi connectivity index (χ2n) is 6.11. The Kier molecular flexibility index (Phi) is 4.84. The van der Waals surface area contributed by atoms with Crippen molar-refractivity contribution >= 4 is 17.3 Å². The Hall–Kier alpha value is -3.08. The number of aromatic nitrogens is 2. The Labute approximate surface area is 147 Å². The largest absolute Gasteiger partial charge is 0.381 e. The van der Waals surface area contributed by atoms with E-state index in [4.69, 9.17) is 0 Å². The van der Waals surface area contributed by atoms with Crippen LogP contribution in [-0.4, -0.2) is 15.7 Å². The molecule has 1 aromatic heterocycles. The number of aryl methyl sites for hydroxylation is 3. The molecule has 0 atom stereocenters. The molecule has 0 bridgehead atoms. The third kappa shape index (κ3) is 3.88. The lowest BCUT2D eigenvalue weighted by Crippen LogP contribution is -2.16. The van der Waals surface area contributed by atoms with Crippen molar-refractivity contribution in [3.8, 4) is 0 Å². The quantitative estimate of drug-likeness (QED) is 0.744. The number of nitrogens with zero attached hydrogens (tertiary/aromatic N) is 2. The molecule has 1 heterocycles. The van der Waals surface area contributed by atoms with Crippen LogP contribution in [0.1, 0.15) is 27.2 Å². The first kappa shape index (κ1) is 16.8. The van der Waals surface area contributed by atoms with Gasteiger partial charge < -0.3 is 10.6 Å². The molecule has 1 amide bonds. The fourth-order valence-corrected chi connectivity index (χ4v) is 2.73. The molecule has 25 heavy (non-hydrogen) atoms. The lowest BCUT2D eigenvalue weighted by atomic mass is 10.1. The molecule has 0 fully saturated rings. The SMILES string of the molecule is Cc1ccccc1NCc1ccc(NC(=O)c2ccnn2C)c(C)c1. The Bertz CT molecular complexity index is 898. The van der Waals surface area contributed by atoms with E-state index in [0.29, 0.717) is 5.69 Å². The van der Waals surface area contributed by atoms with Gasteiger partial charge in [-0.1, -0.05) is 30.3 Å². The second-order valence-corrected chi connectivity index (χ2v) is 6.11. The van der Waals surface area contributed by atoms with Gasteiger partial charge in [-0.25, -0.2) is 0 Å².